The van der Waals surface area contributed by atoms with Gasteiger partial charge in [-0.25, -0.2) is 14.2 Å². The number of thiophene rings is 1. The van der Waals surface area contributed by atoms with Gasteiger partial charge >= 0.3 is 12.1 Å². The van der Waals surface area contributed by atoms with Crippen molar-refractivity contribution in [3.63, 3.8) is 0 Å². The second-order valence-electron chi connectivity index (χ2n) is 7.23. The highest BCUT2D eigenvalue weighted by atomic mass is 32.1. The van der Waals surface area contributed by atoms with Gasteiger partial charge in [0.05, 0.1) is 40.2 Å². The number of ether oxygens (including phenoxy) is 1. The van der Waals surface area contributed by atoms with Crippen molar-refractivity contribution >= 4 is 44.5 Å². The Morgan fingerprint density at radius 2 is 1.84 bits per heavy atom. The zero-order valence-electron chi connectivity index (χ0n) is 16.6. The lowest BCUT2D eigenvalue weighted by molar-refractivity contribution is 0.0697. The predicted molar refractivity (Wildman–Crippen MR) is 120 cm³/mol. The quantitative estimate of drug-likeness (QED) is 0.330. The number of hydrogen-bond acceptors (Lipinski definition) is 5. The smallest absolute Gasteiger partial charge is 0.416 e. The number of aromatic carboxylic acids is 1. The molecule has 0 atom stereocenters. The molecule has 0 aliphatic carbocycles. The number of nitrogens with zero attached hydrogens (tertiary/aromatic N) is 2. The summed E-state index contributed by atoms with van der Waals surface area (Å²) in [4.78, 5) is 24.4. The summed E-state index contributed by atoms with van der Waals surface area (Å²) in [7, 11) is 0. The molecular formula is C23H17N3O5S. The van der Waals surface area contributed by atoms with Crippen molar-refractivity contribution in [3.05, 3.63) is 76.7 Å². The van der Waals surface area contributed by atoms with Crippen LogP contribution >= 0.6 is 11.3 Å². The first-order valence-corrected chi connectivity index (χ1v) is 10.5. The molecular weight excluding hydrogens is 430 g/mol. The van der Waals surface area contributed by atoms with Crippen LogP contribution in [0.15, 0.2) is 60.7 Å². The van der Waals surface area contributed by atoms with Gasteiger partial charge in [-0.05, 0) is 29.8 Å². The fourth-order valence-electron chi connectivity index (χ4n) is 3.67. The number of fused-ring (bicyclic) bond motifs is 2. The van der Waals surface area contributed by atoms with Crippen molar-refractivity contribution in [3.8, 4) is 11.4 Å². The lowest BCUT2D eigenvalue weighted by atomic mass is 10.1. The Hall–Kier alpha value is -3.95. The summed E-state index contributed by atoms with van der Waals surface area (Å²) in [6.45, 7) is 0.919. The highest BCUT2D eigenvalue weighted by molar-refractivity contribution is 7.19. The summed E-state index contributed by atoms with van der Waals surface area (Å²) in [5, 5.41) is 27.0. The van der Waals surface area contributed by atoms with Gasteiger partial charge < -0.3 is 14.9 Å². The van der Waals surface area contributed by atoms with Gasteiger partial charge in [0, 0.05) is 10.3 Å². The molecule has 2 aromatic carbocycles. The van der Waals surface area contributed by atoms with Crippen molar-refractivity contribution in [1.82, 2.24) is 14.8 Å². The maximum absolute atomic E-state index is 12.1. The van der Waals surface area contributed by atoms with E-state index in [1.54, 1.807) is 12.1 Å². The third-order valence-corrected chi connectivity index (χ3v) is 6.24. The molecule has 5 aromatic rings. The summed E-state index contributed by atoms with van der Waals surface area (Å²) in [6, 6.07) is 17.9. The summed E-state index contributed by atoms with van der Waals surface area (Å²) in [5.41, 5.74) is 3.06. The Morgan fingerprint density at radius 3 is 2.59 bits per heavy atom. The van der Waals surface area contributed by atoms with E-state index in [-0.39, 0.29) is 5.56 Å². The van der Waals surface area contributed by atoms with E-state index in [9.17, 15) is 19.8 Å². The second-order valence-corrected chi connectivity index (χ2v) is 8.37. The summed E-state index contributed by atoms with van der Waals surface area (Å²) in [6.07, 6.45) is -1.21. The van der Waals surface area contributed by atoms with Crippen LogP contribution in [0.2, 0.25) is 0 Å². The minimum Gasteiger partial charge on any atom is -0.478 e. The van der Waals surface area contributed by atoms with Gasteiger partial charge in [-0.2, -0.15) is 5.10 Å². The van der Waals surface area contributed by atoms with E-state index in [4.69, 9.17) is 4.74 Å². The van der Waals surface area contributed by atoms with Crippen LogP contribution < -0.4 is 0 Å². The molecule has 0 radical (unpaired) electrons. The number of benzene rings is 2. The number of H-pyrrole nitrogens is 1. The molecule has 0 saturated heterocycles. The van der Waals surface area contributed by atoms with Crippen LogP contribution in [0.5, 0.6) is 0 Å². The number of rotatable bonds is 6. The molecule has 5 rings (SSSR count). The third-order valence-electron chi connectivity index (χ3n) is 5.13. The first-order valence-electron chi connectivity index (χ1n) is 9.72. The minimum absolute atomic E-state index is 0.0193. The molecule has 0 aliphatic rings. The number of carboxylic acid groups (broad SMARTS) is 2. The number of hydrogen-bond donors (Lipinski definition) is 3. The van der Waals surface area contributed by atoms with E-state index in [0.717, 1.165) is 25.2 Å². The summed E-state index contributed by atoms with van der Waals surface area (Å²) in [5.74, 6) is -1.12. The van der Waals surface area contributed by atoms with E-state index in [1.807, 2.05) is 36.4 Å². The molecule has 0 spiro atoms. The predicted octanol–water partition coefficient (Wildman–Crippen LogP) is 5.19. The zero-order valence-corrected chi connectivity index (χ0v) is 17.4. The first kappa shape index (κ1) is 20.0. The molecule has 9 heteroatoms. The van der Waals surface area contributed by atoms with E-state index < -0.39 is 12.1 Å². The highest BCUT2D eigenvalue weighted by Crippen LogP contribution is 2.36. The van der Waals surface area contributed by atoms with Crippen molar-refractivity contribution < 1.29 is 24.5 Å². The molecule has 0 fully saturated rings. The normalized spacial score (nSPS) is 11.4. The van der Waals surface area contributed by atoms with Crippen LogP contribution in [0.25, 0.3) is 32.5 Å². The van der Waals surface area contributed by atoms with Crippen LogP contribution in [-0.4, -0.2) is 37.0 Å². The maximum atomic E-state index is 12.1. The average Bonchev–Trinajstić information content (AvgIpc) is 3.45. The second kappa shape index (κ2) is 7.95. The zero-order chi connectivity index (χ0) is 22.2. The summed E-state index contributed by atoms with van der Waals surface area (Å²) >= 11 is 1.48. The van der Waals surface area contributed by atoms with E-state index in [0.29, 0.717) is 35.5 Å². The summed E-state index contributed by atoms with van der Waals surface area (Å²) < 4.78 is 7.70. The van der Waals surface area contributed by atoms with E-state index >= 15 is 0 Å². The molecule has 0 bridgehead atoms. The minimum atomic E-state index is -1.21. The Bertz CT molecular complexity index is 1470. The number of aromatic nitrogens is 3. The molecule has 0 saturated carbocycles. The monoisotopic (exact) mass is 447 g/mol. The Kier molecular flexibility index (Phi) is 4.96. The molecule has 3 aromatic heterocycles. The van der Waals surface area contributed by atoms with Gasteiger partial charge in [-0.3, -0.25) is 5.10 Å². The SMILES string of the molecule is O=C(O)c1ccc2cc(-c3n[nH]c4cc(COCc5ccccc5)sc34)n(C(=O)O)c2c1. The number of carboxylic acids is 1. The van der Waals surface area contributed by atoms with Gasteiger partial charge in [0.15, 0.2) is 0 Å². The fourth-order valence-corrected chi connectivity index (χ4v) is 4.71. The van der Waals surface area contributed by atoms with Gasteiger partial charge in [0.1, 0.15) is 5.69 Å². The standard InChI is InChI=1S/C23H17N3O5S/c27-22(28)15-7-6-14-8-19(26(23(29)30)18(14)9-15)20-21-17(24-25-20)10-16(32-21)12-31-11-13-4-2-1-3-5-13/h1-10H,11-12H2,(H,24,25)(H,27,28)(H,29,30). The highest BCUT2D eigenvalue weighted by Gasteiger charge is 2.22. The van der Waals surface area contributed by atoms with Crippen molar-refractivity contribution in [2.75, 3.05) is 0 Å². The topological polar surface area (TPSA) is 117 Å². The average molecular weight is 447 g/mol. The van der Waals surface area contributed by atoms with E-state index in [2.05, 4.69) is 10.2 Å². The fraction of sp³-hybridized carbons (Fsp3) is 0.0870. The van der Waals surface area contributed by atoms with Crippen LogP contribution in [0, 0.1) is 0 Å². The largest absolute Gasteiger partial charge is 0.478 e. The molecule has 32 heavy (non-hydrogen) atoms. The van der Waals surface area contributed by atoms with Gasteiger partial charge in [-0.15, -0.1) is 11.3 Å². The molecule has 0 aliphatic heterocycles. The van der Waals surface area contributed by atoms with Gasteiger partial charge in [-0.1, -0.05) is 36.4 Å². The van der Waals surface area contributed by atoms with Gasteiger partial charge in [0.2, 0.25) is 0 Å². The molecule has 3 N–H and O–H groups in total. The van der Waals surface area contributed by atoms with E-state index in [1.165, 1.54) is 23.5 Å². The molecule has 160 valence electrons. The number of carbonyl (C=O) groups is 2. The number of aromatic amines is 1. The van der Waals surface area contributed by atoms with Crippen LogP contribution in [-0.2, 0) is 18.0 Å². The number of nitrogens with one attached hydrogen (secondary N) is 1. The lowest BCUT2D eigenvalue weighted by Crippen LogP contribution is -2.09. The van der Waals surface area contributed by atoms with Gasteiger partial charge in [0.25, 0.3) is 0 Å². The Morgan fingerprint density at radius 1 is 1.03 bits per heavy atom. The molecule has 0 unspecified atom stereocenters. The molecule has 8 nitrogen and oxygen atoms in total. The van der Waals surface area contributed by atoms with Crippen LogP contribution in [0.4, 0.5) is 4.79 Å². The Labute approximate surface area is 185 Å². The Balaban J connectivity index is 1.50. The van der Waals surface area contributed by atoms with Crippen LogP contribution in [0.3, 0.4) is 0 Å². The molecule has 0 amide bonds. The lowest BCUT2D eigenvalue weighted by Gasteiger charge is -2.04. The third kappa shape index (κ3) is 3.53. The van der Waals surface area contributed by atoms with Crippen LogP contribution in [0.1, 0.15) is 20.8 Å². The molecule has 3 heterocycles. The maximum Gasteiger partial charge on any atom is 0.416 e. The van der Waals surface area contributed by atoms with Crippen molar-refractivity contribution in [2.45, 2.75) is 13.2 Å². The van der Waals surface area contributed by atoms with Crippen molar-refractivity contribution in [2.24, 2.45) is 0 Å². The first-order chi connectivity index (χ1) is 15.5. The van der Waals surface area contributed by atoms with Crippen molar-refractivity contribution in [1.29, 1.82) is 0 Å².